The van der Waals surface area contributed by atoms with Gasteiger partial charge in [0.1, 0.15) is 0 Å². The van der Waals surface area contributed by atoms with Crippen LogP contribution in [0.15, 0.2) is 23.4 Å². The van der Waals surface area contributed by atoms with Crippen LogP contribution in [0.4, 0.5) is 5.13 Å². The van der Waals surface area contributed by atoms with Crippen molar-refractivity contribution in [2.45, 2.75) is 44.6 Å². The van der Waals surface area contributed by atoms with Gasteiger partial charge in [-0.1, -0.05) is 35.0 Å². The van der Waals surface area contributed by atoms with Gasteiger partial charge in [-0.25, -0.2) is 4.98 Å². The quantitative estimate of drug-likeness (QED) is 0.499. The molecule has 28 heavy (non-hydrogen) atoms. The summed E-state index contributed by atoms with van der Waals surface area (Å²) in [5.41, 5.74) is 1.67. The number of aromatic nitrogens is 4. The Morgan fingerprint density at radius 3 is 2.68 bits per heavy atom. The SMILES string of the molecule is CCn1c(S[C@@H](C)C(=O)Nc2nc(C)c(C)s2)nnc1-c1ccc(Cl)cc1Cl. The number of carbonyl (C=O) groups excluding carboxylic acids is 1. The zero-order valence-corrected chi connectivity index (χ0v) is 18.9. The maximum atomic E-state index is 12.5. The molecule has 2 heterocycles. The van der Waals surface area contributed by atoms with E-state index in [0.717, 1.165) is 16.1 Å². The summed E-state index contributed by atoms with van der Waals surface area (Å²) < 4.78 is 1.93. The fourth-order valence-corrected chi connectivity index (χ4v) is 4.70. The first-order chi connectivity index (χ1) is 13.3. The first-order valence-corrected chi connectivity index (χ1v) is 11.1. The van der Waals surface area contributed by atoms with Gasteiger partial charge in [0.25, 0.3) is 0 Å². The smallest absolute Gasteiger partial charge is 0.239 e. The molecule has 0 fully saturated rings. The largest absolute Gasteiger partial charge is 0.302 e. The number of nitrogens with one attached hydrogen (secondary N) is 1. The summed E-state index contributed by atoms with van der Waals surface area (Å²) in [6.07, 6.45) is 0. The van der Waals surface area contributed by atoms with Gasteiger partial charge in [0, 0.05) is 22.0 Å². The number of hydrogen-bond acceptors (Lipinski definition) is 6. The summed E-state index contributed by atoms with van der Waals surface area (Å²) in [5.74, 6) is 0.515. The Hall–Kier alpha value is -1.61. The fraction of sp³-hybridized carbons (Fsp3) is 0.333. The number of thioether (sulfide) groups is 1. The molecule has 1 aromatic carbocycles. The highest BCUT2D eigenvalue weighted by molar-refractivity contribution is 8.00. The highest BCUT2D eigenvalue weighted by Crippen LogP contribution is 2.32. The van der Waals surface area contributed by atoms with Gasteiger partial charge in [-0.15, -0.1) is 21.5 Å². The zero-order chi connectivity index (χ0) is 20.4. The summed E-state index contributed by atoms with van der Waals surface area (Å²) in [7, 11) is 0. The standard InChI is InChI=1S/C18H19Cl2N5OS2/c1-5-25-15(13-7-6-12(19)8-14(13)20)23-24-18(25)28-11(4)16(26)22-17-21-9(2)10(3)27-17/h6-8,11H,5H2,1-4H3,(H,21,22,26)/t11-/m0/s1. The van der Waals surface area contributed by atoms with Gasteiger partial charge in [-0.05, 0) is 45.9 Å². The molecule has 0 radical (unpaired) electrons. The Balaban J connectivity index is 1.78. The van der Waals surface area contributed by atoms with E-state index in [-0.39, 0.29) is 11.2 Å². The third-order valence-corrected chi connectivity index (χ3v) is 6.73. The third kappa shape index (κ3) is 4.51. The molecule has 10 heteroatoms. The van der Waals surface area contributed by atoms with Gasteiger partial charge in [0.15, 0.2) is 16.1 Å². The number of aryl methyl sites for hydroxylation is 2. The minimum atomic E-state index is -0.368. The van der Waals surface area contributed by atoms with Crippen LogP contribution >= 0.6 is 46.3 Å². The van der Waals surface area contributed by atoms with Crippen molar-refractivity contribution < 1.29 is 4.79 Å². The van der Waals surface area contributed by atoms with E-state index >= 15 is 0 Å². The van der Waals surface area contributed by atoms with Crippen LogP contribution in [0.3, 0.4) is 0 Å². The van der Waals surface area contributed by atoms with E-state index in [1.54, 1.807) is 12.1 Å². The Labute approximate surface area is 181 Å². The molecule has 1 N–H and O–H groups in total. The van der Waals surface area contributed by atoms with E-state index in [0.29, 0.717) is 32.7 Å². The molecule has 6 nitrogen and oxygen atoms in total. The molecule has 2 aromatic heterocycles. The Bertz CT molecular complexity index is 998. The highest BCUT2D eigenvalue weighted by Gasteiger charge is 2.22. The van der Waals surface area contributed by atoms with E-state index in [1.807, 2.05) is 38.3 Å². The second-order valence-electron chi connectivity index (χ2n) is 6.08. The molecule has 148 valence electrons. The summed E-state index contributed by atoms with van der Waals surface area (Å²) in [5, 5.41) is 13.4. The number of thiazole rings is 1. The van der Waals surface area contributed by atoms with Crippen LogP contribution in [0.1, 0.15) is 24.4 Å². The maximum absolute atomic E-state index is 12.5. The van der Waals surface area contributed by atoms with Crippen molar-refractivity contribution in [3.63, 3.8) is 0 Å². The van der Waals surface area contributed by atoms with Crippen LogP contribution in [-0.4, -0.2) is 30.9 Å². The molecule has 0 spiro atoms. The molecule has 3 aromatic rings. The lowest BCUT2D eigenvalue weighted by Crippen LogP contribution is -2.22. The van der Waals surface area contributed by atoms with E-state index in [4.69, 9.17) is 23.2 Å². The van der Waals surface area contributed by atoms with E-state index in [2.05, 4.69) is 20.5 Å². The number of hydrogen-bond donors (Lipinski definition) is 1. The number of benzene rings is 1. The average molecular weight is 456 g/mol. The predicted molar refractivity (Wildman–Crippen MR) is 117 cm³/mol. The minimum Gasteiger partial charge on any atom is -0.302 e. The molecule has 0 bridgehead atoms. The molecule has 3 rings (SSSR count). The van der Waals surface area contributed by atoms with Crippen molar-refractivity contribution in [2.75, 3.05) is 5.32 Å². The Kier molecular flexibility index (Phi) is 6.65. The molecule has 0 aliphatic rings. The van der Waals surface area contributed by atoms with Crippen LogP contribution < -0.4 is 5.32 Å². The summed E-state index contributed by atoms with van der Waals surface area (Å²) >= 11 is 15.1. The molecular weight excluding hydrogens is 437 g/mol. The second kappa shape index (κ2) is 8.82. The van der Waals surface area contributed by atoms with Crippen molar-refractivity contribution in [1.82, 2.24) is 19.7 Å². The Morgan fingerprint density at radius 2 is 2.07 bits per heavy atom. The molecular formula is C18H19Cl2N5OS2. The van der Waals surface area contributed by atoms with Crippen molar-refractivity contribution in [3.8, 4) is 11.4 Å². The number of nitrogens with zero attached hydrogens (tertiary/aromatic N) is 4. The molecule has 0 saturated heterocycles. The van der Waals surface area contributed by atoms with Crippen molar-refractivity contribution in [1.29, 1.82) is 0 Å². The second-order valence-corrected chi connectivity index (χ2v) is 9.44. The minimum absolute atomic E-state index is 0.129. The maximum Gasteiger partial charge on any atom is 0.239 e. The van der Waals surface area contributed by atoms with Crippen molar-refractivity contribution in [3.05, 3.63) is 38.8 Å². The van der Waals surface area contributed by atoms with Gasteiger partial charge < -0.3 is 9.88 Å². The number of halogens is 2. The number of rotatable bonds is 6. The van der Waals surface area contributed by atoms with Crippen molar-refractivity contribution >= 4 is 57.3 Å². The van der Waals surface area contributed by atoms with Gasteiger partial charge >= 0.3 is 0 Å². The van der Waals surface area contributed by atoms with E-state index < -0.39 is 0 Å². The van der Waals surface area contributed by atoms with Gasteiger partial charge in [-0.2, -0.15) is 0 Å². The van der Waals surface area contributed by atoms with Crippen molar-refractivity contribution in [2.24, 2.45) is 0 Å². The monoisotopic (exact) mass is 455 g/mol. The van der Waals surface area contributed by atoms with Crippen LogP contribution in [0.2, 0.25) is 10.0 Å². The molecule has 0 saturated carbocycles. The molecule has 0 unspecified atom stereocenters. The highest BCUT2D eigenvalue weighted by atomic mass is 35.5. The fourth-order valence-electron chi connectivity index (χ4n) is 2.48. The predicted octanol–water partition coefficient (Wildman–Crippen LogP) is 5.46. The Morgan fingerprint density at radius 1 is 1.32 bits per heavy atom. The summed E-state index contributed by atoms with van der Waals surface area (Å²) in [6.45, 7) is 8.37. The zero-order valence-electron chi connectivity index (χ0n) is 15.8. The van der Waals surface area contributed by atoms with E-state index in [9.17, 15) is 4.79 Å². The number of anilines is 1. The number of carbonyl (C=O) groups is 1. The lowest BCUT2D eigenvalue weighted by molar-refractivity contribution is -0.115. The molecule has 0 aliphatic carbocycles. The average Bonchev–Trinajstić information content (AvgIpc) is 3.17. The molecule has 0 aliphatic heterocycles. The van der Waals surface area contributed by atoms with Crippen LogP contribution in [0, 0.1) is 13.8 Å². The normalized spacial score (nSPS) is 12.2. The number of amides is 1. The van der Waals surface area contributed by atoms with E-state index in [1.165, 1.54) is 23.1 Å². The first-order valence-electron chi connectivity index (χ1n) is 8.60. The summed E-state index contributed by atoms with van der Waals surface area (Å²) in [4.78, 5) is 18.0. The third-order valence-electron chi connectivity index (χ3n) is 4.12. The lowest BCUT2D eigenvalue weighted by atomic mass is 10.2. The van der Waals surface area contributed by atoms with Gasteiger partial charge in [0.05, 0.1) is 16.0 Å². The van der Waals surface area contributed by atoms with Gasteiger partial charge in [-0.3, -0.25) is 4.79 Å². The summed E-state index contributed by atoms with van der Waals surface area (Å²) in [6, 6.07) is 5.25. The molecule has 1 atom stereocenters. The van der Waals surface area contributed by atoms with Gasteiger partial charge in [0.2, 0.25) is 5.91 Å². The van der Waals surface area contributed by atoms with Crippen LogP contribution in [0.25, 0.3) is 11.4 Å². The lowest BCUT2D eigenvalue weighted by Gasteiger charge is -2.12. The topological polar surface area (TPSA) is 72.7 Å². The molecule has 1 amide bonds. The first kappa shape index (κ1) is 21.1. The van der Waals surface area contributed by atoms with Crippen LogP contribution in [-0.2, 0) is 11.3 Å². The van der Waals surface area contributed by atoms with Crippen LogP contribution in [0.5, 0.6) is 0 Å².